The standard InChI is InChI=1S/C11H18N4O/c1-3-5-12-8-10(16)7-11-13-9-14-15(11)6-4-2/h3,9,12H,1,4-8H2,2H3. The topological polar surface area (TPSA) is 59.8 Å². The van der Waals surface area contributed by atoms with Crippen LogP contribution in [0.1, 0.15) is 19.2 Å². The van der Waals surface area contributed by atoms with Gasteiger partial charge in [-0.25, -0.2) is 9.67 Å². The molecule has 0 aliphatic carbocycles. The van der Waals surface area contributed by atoms with E-state index in [1.807, 2.05) is 0 Å². The predicted molar refractivity (Wildman–Crippen MR) is 62.1 cm³/mol. The van der Waals surface area contributed by atoms with Crippen LogP contribution >= 0.6 is 0 Å². The van der Waals surface area contributed by atoms with E-state index in [2.05, 4.69) is 28.9 Å². The van der Waals surface area contributed by atoms with Crippen molar-refractivity contribution in [1.82, 2.24) is 20.1 Å². The van der Waals surface area contributed by atoms with Crippen LogP contribution in [0.5, 0.6) is 0 Å². The lowest BCUT2D eigenvalue weighted by molar-refractivity contribution is -0.117. The molecule has 0 spiro atoms. The summed E-state index contributed by atoms with van der Waals surface area (Å²) in [5.41, 5.74) is 0. The van der Waals surface area contributed by atoms with E-state index in [9.17, 15) is 4.79 Å². The summed E-state index contributed by atoms with van der Waals surface area (Å²) in [5, 5.41) is 7.05. The summed E-state index contributed by atoms with van der Waals surface area (Å²) in [4.78, 5) is 15.6. The van der Waals surface area contributed by atoms with E-state index in [1.165, 1.54) is 6.33 Å². The zero-order valence-corrected chi connectivity index (χ0v) is 9.65. The molecule has 5 nitrogen and oxygen atoms in total. The summed E-state index contributed by atoms with van der Waals surface area (Å²) >= 11 is 0. The molecule has 0 aromatic carbocycles. The third kappa shape index (κ3) is 3.94. The van der Waals surface area contributed by atoms with Gasteiger partial charge in [-0.05, 0) is 6.42 Å². The first-order chi connectivity index (χ1) is 7.77. The van der Waals surface area contributed by atoms with Crippen molar-refractivity contribution in [3.63, 3.8) is 0 Å². The molecule has 16 heavy (non-hydrogen) atoms. The van der Waals surface area contributed by atoms with E-state index in [1.54, 1.807) is 10.8 Å². The molecule has 0 saturated carbocycles. The number of hydrogen-bond donors (Lipinski definition) is 1. The summed E-state index contributed by atoms with van der Waals surface area (Å²) in [6.07, 6.45) is 4.55. The van der Waals surface area contributed by atoms with Crippen molar-refractivity contribution in [2.24, 2.45) is 0 Å². The molecule has 1 N–H and O–H groups in total. The van der Waals surface area contributed by atoms with Crippen molar-refractivity contribution in [3.05, 3.63) is 24.8 Å². The highest BCUT2D eigenvalue weighted by Gasteiger charge is 2.08. The smallest absolute Gasteiger partial charge is 0.154 e. The van der Waals surface area contributed by atoms with Gasteiger partial charge in [-0.15, -0.1) is 6.58 Å². The number of aryl methyl sites for hydroxylation is 1. The molecular formula is C11H18N4O. The zero-order chi connectivity index (χ0) is 11.8. The molecule has 1 heterocycles. The Bertz CT molecular complexity index is 346. The van der Waals surface area contributed by atoms with Crippen LogP contribution in [0.15, 0.2) is 19.0 Å². The molecule has 0 unspecified atom stereocenters. The Morgan fingerprint density at radius 2 is 2.50 bits per heavy atom. The molecule has 1 aromatic rings. The Morgan fingerprint density at radius 3 is 3.19 bits per heavy atom. The predicted octanol–water partition coefficient (Wildman–Crippen LogP) is 0.575. The van der Waals surface area contributed by atoms with Crippen LogP contribution in [0, 0.1) is 0 Å². The minimum Gasteiger partial charge on any atom is -0.307 e. The zero-order valence-electron chi connectivity index (χ0n) is 9.65. The minimum absolute atomic E-state index is 0.118. The molecule has 0 radical (unpaired) electrons. The number of ketones is 1. The molecule has 0 amide bonds. The highest BCUT2D eigenvalue weighted by atomic mass is 16.1. The van der Waals surface area contributed by atoms with Gasteiger partial charge in [0.05, 0.1) is 13.0 Å². The molecule has 0 saturated heterocycles. The summed E-state index contributed by atoms with van der Waals surface area (Å²) in [5.74, 6) is 0.861. The average molecular weight is 222 g/mol. The lowest BCUT2D eigenvalue weighted by atomic mass is 10.2. The van der Waals surface area contributed by atoms with Gasteiger partial charge in [-0.1, -0.05) is 13.0 Å². The molecule has 5 heteroatoms. The van der Waals surface area contributed by atoms with E-state index < -0.39 is 0 Å². The van der Waals surface area contributed by atoms with Crippen molar-refractivity contribution in [1.29, 1.82) is 0 Å². The van der Waals surface area contributed by atoms with Crippen LogP contribution in [-0.2, 0) is 17.8 Å². The quantitative estimate of drug-likeness (QED) is 0.516. The van der Waals surface area contributed by atoms with Gasteiger partial charge in [-0.2, -0.15) is 5.10 Å². The average Bonchev–Trinajstić information content (AvgIpc) is 2.67. The van der Waals surface area contributed by atoms with Crippen molar-refractivity contribution in [2.75, 3.05) is 13.1 Å². The Morgan fingerprint density at radius 1 is 1.69 bits per heavy atom. The third-order valence-electron chi connectivity index (χ3n) is 2.10. The summed E-state index contributed by atoms with van der Waals surface area (Å²) in [6, 6.07) is 0. The number of Topliss-reactive ketones (excluding diaryl/α,β-unsaturated/α-hetero) is 1. The molecule has 0 fully saturated rings. The molecular weight excluding hydrogens is 204 g/mol. The van der Waals surface area contributed by atoms with Crippen LogP contribution in [0.2, 0.25) is 0 Å². The fourth-order valence-electron chi connectivity index (χ4n) is 1.38. The van der Waals surface area contributed by atoms with E-state index in [0.717, 1.165) is 18.8 Å². The van der Waals surface area contributed by atoms with E-state index in [0.29, 0.717) is 19.5 Å². The first kappa shape index (κ1) is 12.6. The number of nitrogens with one attached hydrogen (secondary N) is 1. The fourth-order valence-corrected chi connectivity index (χ4v) is 1.38. The summed E-state index contributed by atoms with van der Waals surface area (Å²) in [6.45, 7) is 7.45. The molecule has 0 atom stereocenters. The normalized spacial score (nSPS) is 10.3. The molecule has 0 bridgehead atoms. The number of aromatic nitrogens is 3. The number of nitrogens with zero attached hydrogens (tertiary/aromatic N) is 3. The maximum atomic E-state index is 11.6. The van der Waals surface area contributed by atoms with Crippen LogP contribution in [0.3, 0.4) is 0 Å². The molecule has 88 valence electrons. The lowest BCUT2D eigenvalue weighted by Crippen LogP contribution is -2.25. The van der Waals surface area contributed by atoms with Gasteiger partial charge in [0, 0.05) is 13.1 Å². The summed E-state index contributed by atoms with van der Waals surface area (Å²) in [7, 11) is 0. The van der Waals surface area contributed by atoms with Crippen LogP contribution in [-0.4, -0.2) is 33.6 Å². The second kappa shape index (κ2) is 6.90. The molecule has 0 aliphatic heterocycles. The Kier molecular flexibility index (Phi) is 5.42. The second-order valence-corrected chi connectivity index (χ2v) is 3.53. The first-order valence-corrected chi connectivity index (χ1v) is 5.48. The summed E-state index contributed by atoms with van der Waals surface area (Å²) < 4.78 is 1.78. The number of rotatable bonds is 8. The Labute approximate surface area is 95.6 Å². The highest BCUT2D eigenvalue weighted by Crippen LogP contribution is 1.97. The van der Waals surface area contributed by atoms with Crippen LogP contribution < -0.4 is 5.32 Å². The monoisotopic (exact) mass is 222 g/mol. The third-order valence-corrected chi connectivity index (χ3v) is 2.10. The molecule has 0 aliphatic rings. The number of carbonyl (C=O) groups excluding carboxylic acids is 1. The largest absolute Gasteiger partial charge is 0.307 e. The van der Waals surface area contributed by atoms with Gasteiger partial charge >= 0.3 is 0 Å². The molecule has 1 rings (SSSR count). The van der Waals surface area contributed by atoms with E-state index >= 15 is 0 Å². The van der Waals surface area contributed by atoms with Gasteiger partial charge in [0.1, 0.15) is 12.2 Å². The van der Waals surface area contributed by atoms with Crippen LogP contribution in [0.4, 0.5) is 0 Å². The second-order valence-electron chi connectivity index (χ2n) is 3.53. The molecule has 1 aromatic heterocycles. The van der Waals surface area contributed by atoms with Crippen LogP contribution in [0.25, 0.3) is 0 Å². The van der Waals surface area contributed by atoms with Crippen molar-refractivity contribution >= 4 is 5.78 Å². The number of carbonyl (C=O) groups is 1. The van der Waals surface area contributed by atoms with Crippen molar-refractivity contribution in [2.45, 2.75) is 26.3 Å². The van der Waals surface area contributed by atoms with Gasteiger partial charge in [0.2, 0.25) is 0 Å². The Balaban J connectivity index is 2.42. The Hall–Kier alpha value is -1.49. The first-order valence-electron chi connectivity index (χ1n) is 5.48. The number of hydrogen-bond acceptors (Lipinski definition) is 4. The van der Waals surface area contributed by atoms with E-state index in [4.69, 9.17) is 0 Å². The van der Waals surface area contributed by atoms with Gasteiger partial charge in [0.25, 0.3) is 0 Å². The van der Waals surface area contributed by atoms with Gasteiger partial charge in [-0.3, -0.25) is 4.79 Å². The maximum absolute atomic E-state index is 11.6. The lowest BCUT2D eigenvalue weighted by Gasteiger charge is -2.04. The minimum atomic E-state index is 0.118. The highest BCUT2D eigenvalue weighted by molar-refractivity contribution is 5.82. The maximum Gasteiger partial charge on any atom is 0.154 e. The van der Waals surface area contributed by atoms with E-state index in [-0.39, 0.29) is 5.78 Å². The SMILES string of the molecule is C=CCNCC(=O)Cc1ncnn1CCC. The van der Waals surface area contributed by atoms with Crippen molar-refractivity contribution in [3.8, 4) is 0 Å². The van der Waals surface area contributed by atoms with Crippen molar-refractivity contribution < 1.29 is 4.79 Å². The van der Waals surface area contributed by atoms with Gasteiger partial charge in [0.15, 0.2) is 5.78 Å². The fraction of sp³-hybridized carbons (Fsp3) is 0.545. The van der Waals surface area contributed by atoms with Gasteiger partial charge < -0.3 is 5.32 Å².